The van der Waals surface area contributed by atoms with E-state index in [1.165, 1.54) is 0 Å². The Morgan fingerprint density at radius 2 is 2.00 bits per heavy atom. The summed E-state index contributed by atoms with van der Waals surface area (Å²) in [5, 5.41) is 5.23. The van der Waals surface area contributed by atoms with E-state index in [1.54, 1.807) is 49.4 Å². The summed E-state index contributed by atoms with van der Waals surface area (Å²) in [7, 11) is 0. The molecule has 116 valence electrons. The van der Waals surface area contributed by atoms with E-state index in [0.29, 0.717) is 22.6 Å². The number of alkyl halides is 1. The minimum Gasteiger partial charge on any atom is -0.450 e. The van der Waals surface area contributed by atoms with Crippen molar-refractivity contribution >= 4 is 23.2 Å². The lowest BCUT2D eigenvalue weighted by atomic mass is 10.2. The number of anilines is 3. The second kappa shape index (κ2) is 7.31. The van der Waals surface area contributed by atoms with E-state index in [-0.39, 0.29) is 6.61 Å². The Kier molecular flexibility index (Phi) is 5.19. The molecular weight excluding hydrogens is 285 g/mol. The van der Waals surface area contributed by atoms with E-state index >= 15 is 0 Å². The number of benzene rings is 2. The first-order valence-corrected chi connectivity index (χ1v) is 6.89. The second-order valence-corrected chi connectivity index (χ2v) is 4.57. The molecule has 0 aliphatic heterocycles. The number of nitrogen functional groups attached to an aromatic ring is 1. The van der Waals surface area contributed by atoms with Crippen molar-refractivity contribution in [2.24, 2.45) is 0 Å². The summed E-state index contributed by atoms with van der Waals surface area (Å²) < 4.78 is 18.9. The third-order valence-corrected chi connectivity index (χ3v) is 2.95. The molecule has 6 heteroatoms. The predicted octanol–water partition coefficient (Wildman–Crippen LogP) is 3.92. The lowest BCUT2D eigenvalue weighted by Gasteiger charge is -2.14. The molecular formula is C16H18FN3O2. The number of nitrogens with one attached hydrogen (secondary N) is 2. The van der Waals surface area contributed by atoms with Gasteiger partial charge in [0.1, 0.15) is 0 Å². The number of hydrogen-bond acceptors (Lipinski definition) is 4. The summed E-state index contributed by atoms with van der Waals surface area (Å²) >= 11 is 0. The second-order valence-electron chi connectivity index (χ2n) is 4.57. The van der Waals surface area contributed by atoms with Crippen LogP contribution in [0.5, 0.6) is 0 Å². The Balaban J connectivity index is 2.04. The summed E-state index contributed by atoms with van der Waals surface area (Å²) in [6, 6.07) is 13.5. The molecule has 1 unspecified atom stereocenters. The van der Waals surface area contributed by atoms with E-state index < -0.39 is 12.4 Å². The van der Waals surface area contributed by atoms with Gasteiger partial charge in [-0.3, -0.25) is 5.32 Å². The van der Waals surface area contributed by atoms with Crippen LogP contribution in [0.3, 0.4) is 0 Å². The average molecular weight is 303 g/mol. The number of rotatable bonds is 5. The summed E-state index contributed by atoms with van der Waals surface area (Å²) in [6.07, 6.45) is -1.92. The van der Waals surface area contributed by atoms with E-state index in [0.717, 1.165) is 0 Å². The summed E-state index contributed by atoms with van der Waals surface area (Å²) in [4.78, 5) is 11.3. The third-order valence-electron chi connectivity index (χ3n) is 2.95. The highest BCUT2D eigenvalue weighted by atomic mass is 19.1. The summed E-state index contributed by atoms with van der Waals surface area (Å²) in [5.74, 6) is 0. The number of amides is 1. The zero-order chi connectivity index (χ0) is 15.9. The van der Waals surface area contributed by atoms with E-state index in [2.05, 4.69) is 10.6 Å². The van der Waals surface area contributed by atoms with Crippen molar-refractivity contribution in [3.63, 3.8) is 0 Å². The van der Waals surface area contributed by atoms with Crippen molar-refractivity contribution < 1.29 is 13.9 Å². The standard InChI is InChI=1S/C16H18FN3O2/c1-2-22-16(21)20-14-9-8-12(10-13(14)18)19-15(17)11-6-4-3-5-7-11/h3-10,15,19H,2,18H2,1H3,(H,20,21). The Bertz CT molecular complexity index is 635. The molecule has 0 saturated heterocycles. The molecule has 0 heterocycles. The molecule has 22 heavy (non-hydrogen) atoms. The van der Waals surface area contributed by atoms with Gasteiger partial charge in [-0.2, -0.15) is 0 Å². The van der Waals surface area contributed by atoms with Crippen molar-refractivity contribution in [3.05, 3.63) is 54.1 Å². The van der Waals surface area contributed by atoms with Crippen LogP contribution in [0.1, 0.15) is 18.8 Å². The Morgan fingerprint density at radius 1 is 1.27 bits per heavy atom. The normalized spacial score (nSPS) is 11.5. The molecule has 0 aliphatic carbocycles. The zero-order valence-electron chi connectivity index (χ0n) is 12.2. The van der Waals surface area contributed by atoms with Gasteiger partial charge in [-0.25, -0.2) is 9.18 Å². The maximum Gasteiger partial charge on any atom is 0.411 e. The van der Waals surface area contributed by atoms with Crippen LogP contribution < -0.4 is 16.4 Å². The van der Waals surface area contributed by atoms with Gasteiger partial charge in [0, 0.05) is 11.3 Å². The molecule has 2 aromatic rings. The first kappa shape index (κ1) is 15.6. The fourth-order valence-corrected chi connectivity index (χ4v) is 1.90. The number of ether oxygens (including phenoxy) is 1. The molecule has 5 nitrogen and oxygen atoms in total. The zero-order valence-corrected chi connectivity index (χ0v) is 12.2. The highest BCUT2D eigenvalue weighted by Gasteiger charge is 2.10. The predicted molar refractivity (Wildman–Crippen MR) is 85.4 cm³/mol. The number of carbonyl (C=O) groups is 1. The van der Waals surface area contributed by atoms with Crippen LogP contribution in [-0.4, -0.2) is 12.7 Å². The van der Waals surface area contributed by atoms with Gasteiger partial charge in [-0.15, -0.1) is 0 Å². The molecule has 0 aliphatic rings. The van der Waals surface area contributed by atoms with Crippen molar-refractivity contribution in [2.45, 2.75) is 13.2 Å². The first-order chi connectivity index (χ1) is 10.6. The van der Waals surface area contributed by atoms with Crippen molar-refractivity contribution in [1.82, 2.24) is 0 Å². The van der Waals surface area contributed by atoms with Crippen LogP contribution >= 0.6 is 0 Å². The average Bonchev–Trinajstić information content (AvgIpc) is 2.51. The maximum absolute atomic E-state index is 14.1. The highest BCUT2D eigenvalue weighted by Crippen LogP contribution is 2.26. The van der Waals surface area contributed by atoms with E-state index in [1.807, 2.05) is 6.07 Å². The molecule has 0 spiro atoms. The molecule has 1 amide bonds. The lowest BCUT2D eigenvalue weighted by molar-refractivity contribution is 0.168. The molecule has 0 radical (unpaired) electrons. The molecule has 1 atom stereocenters. The van der Waals surface area contributed by atoms with Crippen LogP contribution in [0.4, 0.5) is 26.2 Å². The number of carbonyl (C=O) groups excluding carboxylic acids is 1. The first-order valence-electron chi connectivity index (χ1n) is 6.89. The minimum atomic E-state index is -1.34. The maximum atomic E-state index is 14.1. The van der Waals surface area contributed by atoms with E-state index in [4.69, 9.17) is 10.5 Å². The largest absolute Gasteiger partial charge is 0.450 e. The molecule has 0 bridgehead atoms. The lowest BCUT2D eigenvalue weighted by Crippen LogP contribution is -2.14. The summed E-state index contributed by atoms with van der Waals surface area (Å²) in [6.45, 7) is 1.98. The fraction of sp³-hybridized carbons (Fsp3) is 0.188. The molecule has 0 fully saturated rings. The van der Waals surface area contributed by atoms with Crippen LogP contribution in [0.15, 0.2) is 48.5 Å². The third kappa shape index (κ3) is 4.12. The van der Waals surface area contributed by atoms with E-state index in [9.17, 15) is 9.18 Å². The molecule has 2 rings (SSSR count). The van der Waals surface area contributed by atoms with Gasteiger partial charge in [0.2, 0.25) is 0 Å². The van der Waals surface area contributed by atoms with Gasteiger partial charge in [0.05, 0.1) is 18.0 Å². The molecule has 4 N–H and O–H groups in total. The van der Waals surface area contributed by atoms with Gasteiger partial charge in [-0.05, 0) is 25.1 Å². The highest BCUT2D eigenvalue weighted by molar-refractivity contribution is 5.89. The molecule has 0 aromatic heterocycles. The Hall–Kier alpha value is -2.76. The van der Waals surface area contributed by atoms with Crippen molar-refractivity contribution in [1.29, 1.82) is 0 Å². The van der Waals surface area contributed by atoms with Gasteiger partial charge in [0.15, 0.2) is 6.30 Å². The fourth-order valence-electron chi connectivity index (χ4n) is 1.90. The van der Waals surface area contributed by atoms with Gasteiger partial charge in [0.25, 0.3) is 0 Å². The SMILES string of the molecule is CCOC(=O)Nc1ccc(NC(F)c2ccccc2)cc1N. The van der Waals surface area contributed by atoms with Gasteiger partial charge >= 0.3 is 6.09 Å². The summed E-state index contributed by atoms with van der Waals surface area (Å²) in [5.41, 5.74) is 7.62. The number of nitrogens with two attached hydrogens (primary N) is 1. The Morgan fingerprint density at radius 3 is 2.64 bits per heavy atom. The number of hydrogen-bond donors (Lipinski definition) is 3. The molecule has 0 saturated carbocycles. The van der Waals surface area contributed by atoms with Crippen LogP contribution in [0, 0.1) is 0 Å². The smallest absolute Gasteiger partial charge is 0.411 e. The van der Waals surface area contributed by atoms with Crippen molar-refractivity contribution in [2.75, 3.05) is 23.0 Å². The minimum absolute atomic E-state index is 0.270. The Labute approximate surface area is 128 Å². The van der Waals surface area contributed by atoms with Gasteiger partial charge < -0.3 is 15.8 Å². The molecule has 2 aromatic carbocycles. The van der Waals surface area contributed by atoms with Crippen LogP contribution in [0.2, 0.25) is 0 Å². The quantitative estimate of drug-likeness (QED) is 0.578. The van der Waals surface area contributed by atoms with Crippen LogP contribution in [-0.2, 0) is 4.74 Å². The monoisotopic (exact) mass is 303 g/mol. The van der Waals surface area contributed by atoms with Crippen molar-refractivity contribution in [3.8, 4) is 0 Å². The van der Waals surface area contributed by atoms with Crippen LogP contribution in [0.25, 0.3) is 0 Å². The topological polar surface area (TPSA) is 76.4 Å². The number of halogens is 1. The van der Waals surface area contributed by atoms with Gasteiger partial charge in [-0.1, -0.05) is 30.3 Å².